The summed E-state index contributed by atoms with van der Waals surface area (Å²) in [6, 6.07) is 0. The molecular formula is C50H82O19. The second-order valence-corrected chi connectivity index (χ2v) is 24.0. The average Bonchev–Trinajstić information content (AvgIpc) is 3.29. The molecule has 69 heavy (non-hydrogen) atoms. The molecule has 0 spiro atoms. The Morgan fingerprint density at radius 2 is 1.19 bits per heavy atom. The van der Waals surface area contributed by atoms with Gasteiger partial charge in [0.05, 0.1) is 32.0 Å². The van der Waals surface area contributed by atoms with E-state index in [2.05, 4.69) is 54.5 Å². The summed E-state index contributed by atoms with van der Waals surface area (Å²) in [6.45, 7) is 16.2. The summed E-state index contributed by atoms with van der Waals surface area (Å²) in [5.41, 5.74) is -1.48. The first kappa shape index (κ1) is 53.8. The smallest absolute Gasteiger partial charge is 0.317 e. The van der Waals surface area contributed by atoms with Crippen LogP contribution >= 0.6 is 0 Å². The van der Waals surface area contributed by atoms with Crippen LogP contribution in [0.25, 0.3) is 0 Å². The van der Waals surface area contributed by atoms with Crippen molar-refractivity contribution >= 4 is 5.97 Å². The molecule has 19 heteroatoms. The van der Waals surface area contributed by atoms with Crippen molar-refractivity contribution in [3.05, 3.63) is 11.6 Å². The van der Waals surface area contributed by atoms with Crippen LogP contribution in [0.3, 0.4) is 0 Å². The Labute approximate surface area is 405 Å². The highest BCUT2D eigenvalue weighted by molar-refractivity contribution is 5.80. The number of hydrogen-bond acceptors (Lipinski definition) is 19. The number of aliphatic hydroxyl groups is 11. The molecule has 4 saturated carbocycles. The van der Waals surface area contributed by atoms with Gasteiger partial charge in [-0.25, -0.2) is 0 Å². The molecule has 9 unspecified atom stereocenters. The first-order valence-corrected chi connectivity index (χ1v) is 25.4. The van der Waals surface area contributed by atoms with Gasteiger partial charge in [0.1, 0.15) is 78.7 Å². The molecule has 0 aromatic carbocycles. The number of aliphatic hydroxyl groups excluding tert-OH is 11. The van der Waals surface area contributed by atoms with Crippen molar-refractivity contribution in [3.63, 3.8) is 0 Å². The topological polar surface area (TPSA) is 304 Å². The van der Waals surface area contributed by atoms with Crippen molar-refractivity contribution in [1.29, 1.82) is 0 Å². The summed E-state index contributed by atoms with van der Waals surface area (Å²) in [5, 5.41) is 116. The van der Waals surface area contributed by atoms with Gasteiger partial charge < -0.3 is 89.3 Å². The molecule has 8 aliphatic rings. The van der Waals surface area contributed by atoms with Crippen molar-refractivity contribution in [2.24, 2.45) is 50.2 Å². The molecule has 0 bridgehead atoms. The fourth-order valence-electron chi connectivity index (χ4n) is 15.5. The standard InChI is InChI=1S/C50H82O19/c1-9-63-31-19-49(8)23(24-18-45(2,3)16-17-50(24,31)44(62)69-42-39(61)36(58)33(55)26(21-52)65-42)10-11-29-47(6)14-13-30(46(4,5)28(47)12-15-48(29,49)7)67-43-40(37(59)34(56)27(22-53)66-43)68-41-38(60)35(57)32(54)25(20-51)64-41/h10,24-43,51-61H,9,11-22H2,1-8H3/t24?,25-,26-,27-,28?,29?,30?,31?,32-,33-,34-,35-,36+,37-,38-,39-,40-,41+,42+,43+,47?,48?,49?,50?/m1/s1. The van der Waals surface area contributed by atoms with E-state index in [4.69, 9.17) is 33.2 Å². The van der Waals surface area contributed by atoms with Gasteiger partial charge >= 0.3 is 5.97 Å². The molecule has 3 heterocycles. The predicted octanol–water partition coefficient (Wildman–Crippen LogP) is 0.156. The molecule has 5 aliphatic carbocycles. The molecule has 3 saturated heterocycles. The number of carbonyl (C=O) groups is 1. The molecule has 0 amide bonds. The molecule has 0 aromatic heterocycles. The van der Waals surface area contributed by atoms with Crippen molar-refractivity contribution < 1.29 is 94.1 Å². The van der Waals surface area contributed by atoms with E-state index >= 15 is 4.79 Å². The van der Waals surface area contributed by atoms with E-state index in [1.54, 1.807) is 0 Å². The molecule has 0 radical (unpaired) electrons. The zero-order valence-corrected chi connectivity index (χ0v) is 41.5. The Balaban J connectivity index is 1.08. The lowest BCUT2D eigenvalue weighted by Crippen LogP contribution is -2.69. The largest absolute Gasteiger partial charge is 0.432 e. The third-order valence-corrected chi connectivity index (χ3v) is 19.7. The van der Waals surface area contributed by atoms with E-state index in [1.165, 1.54) is 5.57 Å². The van der Waals surface area contributed by atoms with Crippen molar-refractivity contribution in [2.45, 2.75) is 218 Å². The van der Waals surface area contributed by atoms with Crippen LogP contribution in [0.1, 0.15) is 113 Å². The molecular weight excluding hydrogens is 905 g/mol. The first-order valence-electron chi connectivity index (χ1n) is 25.4. The van der Waals surface area contributed by atoms with E-state index < -0.39 is 146 Å². The highest BCUT2D eigenvalue weighted by atomic mass is 16.8. The number of carbonyl (C=O) groups excluding carboxylic acids is 1. The Bertz CT molecular complexity index is 1860. The van der Waals surface area contributed by atoms with Crippen LogP contribution in [-0.4, -0.2) is 193 Å². The van der Waals surface area contributed by atoms with Crippen molar-refractivity contribution in [3.8, 4) is 0 Å². The summed E-state index contributed by atoms with van der Waals surface area (Å²) in [7, 11) is 0. The number of rotatable bonds is 11. The zero-order chi connectivity index (χ0) is 50.6. The molecule has 8 rings (SSSR count). The number of esters is 1. The van der Waals surface area contributed by atoms with Gasteiger partial charge in [-0.05, 0) is 110 Å². The maximum absolute atomic E-state index is 15.1. The van der Waals surface area contributed by atoms with Gasteiger partial charge in [-0.15, -0.1) is 0 Å². The van der Waals surface area contributed by atoms with E-state index in [0.29, 0.717) is 38.7 Å². The van der Waals surface area contributed by atoms with Gasteiger partial charge in [0.2, 0.25) is 6.29 Å². The maximum atomic E-state index is 15.1. The third-order valence-electron chi connectivity index (χ3n) is 19.7. The van der Waals surface area contributed by atoms with E-state index in [-0.39, 0.29) is 34.0 Å². The van der Waals surface area contributed by atoms with Crippen molar-refractivity contribution in [1.82, 2.24) is 0 Å². The number of ether oxygens (including phenoxy) is 7. The fourth-order valence-corrected chi connectivity index (χ4v) is 15.5. The van der Waals surface area contributed by atoms with E-state index in [0.717, 1.165) is 25.7 Å². The molecule has 3 aliphatic heterocycles. The monoisotopic (exact) mass is 987 g/mol. The number of hydrogen-bond donors (Lipinski definition) is 11. The Morgan fingerprint density at radius 1 is 0.623 bits per heavy atom. The van der Waals surface area contributed by atoms with Crippen LogP contribution in [0, 0.1) is 50.2 Å². The highest BCUT2D eigenvalue weighted by Gasteiger charge is 2.72. The van der Waals surface area contributed by atoms with E-state index in [1.807, 2.05) is 6.92 Å². The van der Waals surface area contributed by atoms with E-state index in [9.17, 15) is 56.2 Å². The zero-order valence-electron chi connectivity index (χ0n) is 41.5. The Kier molecular flexibility index (Phi) is 15.1. The first-order chi connectivity index (χ1) is 32.3. The van der Waals surface area contributed by atoms with Crippen LogP contribution in [0.5, 0.6) is 0 Å². The van der Waals surface area contributed by atoms with Crippen LogP contribution in [0.4, 0.5) is 0 Å². The second kappa shape index (κ2) is 19.3. The molecule has 7 fully saturated rings. The number of allylic oxidation sites excluding steroid dienone is 2. The van der Waals surface area contributed by atoms with Crippen LogP contribution in [-0.2, 0) is 38.0 Å². The summed E-state index contributed by atoms with van der Waals surface area (Å²) < 4.78 is 43.1. The number of fused-ring (bicyclic) bond motifs is 7. The van der Waals surface area contributed by atoms with Gasteiger partial charge in [0.25, 0.3) is 0 Å². The second-order valence-electron chi connectivity index (χ2n) is 24.0. The maximum Gasteiger partial charge on any atom is 0.317 e. The lowest BCUT2D eigenvalue weighted by molar-refractivity contribution is -0.378. The van der Waals surface area contributed by atoms with Gasteiger partial charge in [0, 0.05) is 6.61 Å². The van der Waals surface area contributed by atoms with Gasteiger partial charge in [0.15, 0.2) is 12.6 Å². The summed E-state index contributed by atoms with van der Waals surface area (Å²) in [4.78, 5) is 15.1. The van der Waals surface area contributed by atoms with Crippen molar-refractivity contribution in [2.75, 3.05) is 26.4 Å². The third kappa shape index (κ3) is 8.50. The summed E-state index contributed by atoms with van der Waals surface area (Å²) in [6.07, 6.45) is -16.0. The lowest BCUT2D eigenvalue weighted by Gasteiger charge is -2.72. The minimum absolute atomic E-state index is 0.116. The van der Waals surface area contributed by atoms with Crippen LogP contribution in [0.2, 0.25) is 0 Å². The summed E-state index contributed by atoms with van der Waals surface area (Å²) >= 11 is 0. The Hall–Kier alpha value is -1.47. The average molecular weight is 987 g/mol. The molecule has 396 valence electrons. The highest BCUT2D eigenvalue weighted by Crippen LogP contribution is 2.76. The fraction of sp³-hybridized carbons (Fsp3) is 0.940. The van der Waals surface area contributed by atoms with Crippen LogP contribution in [0.15, 0.2) is 11.6 Å². The Morgan fingerprint density at radius 3 is 1.78 bits per heavy atom. The normalized spacial score (nSPS) is 52.6. The summed E-state index contributed by atoms with van der Waals surface area (Å²) in [5.74, 6) is -0.575. The minimum Gasteiger partial charge on any atom is -0.432 e. The van der Waals surface area contributed by atoms with Crippen LogP contribution < -0.4 is 0 Å². The molecule has 11 N–H and O–H groups in total. The quantitative estimate of drug-likeness (QED) is 0.0746. The van der Waals surface area contributed by atoms with Gasteiger partial charge in [-0.2, -0.15) is 0 Å². The van der Waals surface area contributed by atoms with Gasteiger partial charge in [-0.3, -0.25) is 4.79 Å². The molecule has 19 nitrogen and oxygen atoms in total. The molecule has 0 aromatic rings. The predicted molar refractivity (Wildman–Crippen MR) is 241 cm³/mol. The minimum atomic E-state index is -1.79. The molecule has 24 atom stereocenters. The SMILES string of the molecule is CCOC1CC2(C)C(=CCC3C4(C)CCC(O[C@@H]5O[C@H](CO)[C@@H](O)[C@@H](O)[C@H]5O[C@@H]5O[C@H](CO)[C@@H](O)[C@@H](O)[C@H]5O)C(C)(C)C4CCC32C)C2CC(C)(C)CCC12C(=O)O[C@@H]1O[C@H](CO)[C@@H](O)[C@H](O)[C@H]1O. The lowest BCUT2D eigenvalue weighted by atomic mass is 9.33. The van der Waals surface area contributed by atoms with Gasteiger partial charge in [-0.1, -0.05) is 60.1 Å².